The van der Waals surface area contributed by atoms with Gasteiger partial charge in [-0.3, -0.25) is 14.4 Å². The lowest BCUT2D eigenvalue weighted by Crippen LogP contribution is -2.46. The van der Waals surface area contributed by atoms with Crippen LogP contribution in [0, 0.1) is 0 Å². The molecule has 0 atom stereocenters. The van der Waals surface area contributed by atoms with Crippen LogP contribution < -0.4 is 16.3 Å². The molecule has 15 heavy (non-hydrogen) atoms. The van der Waals surface area contributed by atoms with Crippen LogP contribution in [0.4, 0.5) is 0 Å². The summed E-state index contributed by atoms with van der Waals surface area (Å²) < 4.78 is 0. The molecule has 0 fully saturated rings. The normalized spacial score (nSPS) is 14.3. The summed E-state index contributed by atoms with van der Waals surface area (Å²) in [5.74, 6) is -2.16. The predicted molar refractivity (Wildman–Crippen MR) is 49.4 cm³/mol. The first-order valence-electron chi connectivity index (χ1n) is 3.63. The van der Waals surface area contributed by atoms with E-state index >= 15 is 0 Å². The molecule has 0 aliphatic carbocycles. The van der Waals surface area contributed by atoms with Crippen LogP contribution in [-0.4, -0.2) is 16.8 Å². The molecule has 2 amide bonds. The first kappa shape index (κ1) is 10.0. The Morgan fingerprint density at radius 3 is 2.27 bits per heavy atom. The van der Waals surface area contributed by atoms with E-state index in [2.05, 4.69) is 15.0 Å². The van der Waals surface area contributed by atoms with Gasteiger partial charge in [0.1, 0.15) is 10.2 Å². The number of fused-ring (bicyclic) bond motifs is 1. The second-order valence-corrected chi connectivity index (χ2v) is 3.37. The van der Waals surface area contributed by atoms with E-state index in [1.807, 2.05) is 0 Å². The minimum Gasteiger partial charge on any atom is -0.327 e. The Kier molecular flexibility index (Phi) is 2.17. The lowest BCUT2D eigenvalue weighted by molar-refractivity contribution is -0.135. The van der Waals surface area contributed by atoms with Crippen LogP contribution in [0.25, 0.3) is 0 Å². The highest BCUT2D eigenvalue weighted by molar-refractivity contribution is 6.41. The number of H-pyrrole nitrogens is 1. The highest BCUT2D eigenvalue weighted by Gasteiger charge is 2.18. The molecule has 1 aromatic rings. The molecule has 1 aliphatic heterocycles. The van der Waals surface area contributed by atoms with Gasteiger partial charge >= 0.3 is 11.8 Å². The third-order valence-corrected chi connectivity index (χ3v) is 2.41. The van der Waals surface area contributed by atoms with E-state index in [4.69, 9.17) is 23.2 Å². The topological polar surface area (TPSA) is 91.7 Å². The monoisotopic (exact) mass is 245 g/mol. The summed E-state index contributed by atoms with van der Waals surface area (Å²) >= 11 is 11.1. The third kappa shape index (κ3) is 1.47. The van der Waals surface area contributed by atoms with Gasteiger partial charge in [-0.25, -0.2) is 0 Å². The summed E-state index contributed by atoms with van der Waals surface area (Å²) in [5, 5.41) is -0.743. The Hall–Kier alpha value is -1.53. The second kappa shape index (κ2) is 3.25. The van der Waals surface area contributed by atoms with E-state index in [-0.39, 0.29) is 21.0 Å². The number of hydrogen-bond donors (Lipinski definition) is 1. The number of amides is 2. The number of hydrogen-bond acceptors (Lipinski definition) is 3. The maximum Gasteiger partial charge on any atom is 0.339 e. The molecular formula is C7HCl2N3O3. The Bertz CT molecular complexity index is 661. The molecule has 2 heterocycles. The average molecular weight is 246 g/mol. The lowest BCUT2D eigenvalue weighted by atomic mass is 10.4. The van der Waals surface area contributed by atoms with Gasteiger partial charge in [-0.1, -0.05) is 23.2 Å². The molecule has 0 bridgehead atoms. The maximum absolute atomic E-state index is 11.4. The fourth-order valence-electron chi connectivity index (χ4n) is 1.01. The smallest absolute Gasteiger partial charge is 0.327 e. The fraction of sp³-hybridized carbons (Fsp3) is 0. The number of pyridine rings is 1. The van der Waals surface area contributed by atoms with Gasteiger partial charge in [0.25, 0.3) is 0 Å². The van der Waals surface area contributed by atoms with Crippen LogP contribution in [0.2, 0.25) is 10.2 Å². The first-order chi connectivity index (χ1) is 7.00. The zero-order chi connectivity index (χ0) is 11.2. The number of nitrogens with one attached hydrogen (secondary N) is 1. The molecular weight excluding hydrogens is 245 g/mol. The molecule has 0 saturated heterocycles. The van der Waals surface area contributed by atoms with E-state index in [1.54, 1.807) is 0 Å². The van der Waals surface area contributed by atoms with Crippen molar-refractivity contribution in [2.24, 2.45) is 9.98 Å². The highest BCUT2D eigenvalue weighted by Crippen LogP contribution is 2.10. The van der Waals surface area contributed by atoms with E-state index in [1.165, 1.54) is 0 Å². The first-order valence-corrected chi connectivity index (χ1v) is 4.39. The van der Waals surface area contributed by atoms with E-state index in [0.29, 0.717) is 0 Å². The van der Waals surface area contributed by atoms with Crippen LogP contribution in [0.5, 0.6) is 0 Å². The van der Waals surface area contributed by atoms with Crippen molar-refractivity contribution in [2.75, 3.05) is 0 Å². The van der Waals surface area contributed by atoms with Gasteiger partial charge in [0.15, 0.2) is 10.8 Å². The maximum atomic E-state index is 11.4. The number of rotatable bonds is 0. The molecule has 0 radical (unpaired) electrons. The lowest BCUT2D eigenvalue weighted by Gasteiger charge is -1.98. The van der Waals surface area contributed by atoms with Gasteiger partial charge in [-0.15, -0.1) is 0 Å². The van der Waals surface area contributed by atoms with E-state index in [9.17, 15) is 14.4 Å². The van der Waals surface area contributed by atoms with Crippen LogP contribution in [0.1, 0.15) is 0 Å². The van der Waals surface area contributed by atoms with E-state index < -0.39 is 17.2 Å². The number of carbonyl (C=O) groups excluding carboxylic acids is 2. The molecule has 0 saturated carbocycles. The Labute approximate surface area is 91.3 Å². The number of nitrogens with zero attached hydrogens (tertiary/aromatic N) is 2. The molecule has 6 nitrogen and oxygen atoms in total. The fourth-order valence-corrected chi connectivity index (χ4v) is 1.32. The molecule has 76 valence electrons. The predicted octanol–water partition coefficient (Wildman–Crippen LogP) is -1.01. The summed E-state index contributed by atoms with van der Waals surface area (Å²) in [4.78, 5) is 42.1. The van der Waals surface area contributed by atoms with Crippen molar-refractivity contribution in [3.63, 3.8) is 0 Å². The molecule has 0 unspecified atom stereocenters. The van der Waals surface area contributed by atoms with Crippen molar-refractivity contribution in [1.29, 1.82) is 0 Å². The molecule has 1 aliphatic rings. The number of halogens is 2. The second-order valence-electron chi connectivity index (χ2n) is 2.61. The zero-order valence-electron chi connectivity index (χ0n) is 6.88. The average Bonchev–Trinajstić information content (AvgIpc) is 2.19. The van der Waals surface area contributed by atoms with Crippen molar-refractivity contribution in [3.8, 4) is 0 Å². The third-order valence-electron chi connectivity index (χ3n) is 1.67. The van der Waals surface area contributed by atoms with Gasteiger partial charge in [-0.05, 0) is 0 Å². The SMILES string of the molecule is O=C1N=c2[nH]c(Cl)c(Cl)c(=O)c2=NC1=O. The zero-order valence-corrected chi connectivity index (χ0v) is 8.39. The van der Waals surface area contributed by atoms with Gasteiger partial charge in [0.2, 0.25) is 5.43 Å². The van der Waals surface area contributed by atoms with Crippen LogP contribution in [-0.2, 0) is 9.59 Å². The molecule has 2 rings (SSSR count). The summed E-state index contributed by atoms with van der Waals surface area (Å²) in [7, 11) is 0. The van der Waals surface area contributed by atoms with Crippen molar-refractivity contribution < 1.29 is 9.59 Å². The summed E-state index contributed by atoms with van der Waals surface area (Å²) in [6.07, 6.45) is 0. The molecule has 0 spiro atoms. The largest absolute Gasteiger partial charge is 0.339 e. The van der Waals surface area contributed by atoms with Crippen molar-refractivity contribution >= 4 is 35.0 Å². The Balaban J connectivity index is 3.04. The van der Waals surface area contributed by atoms with Crippen molar-refractivity contribution in [3.05, 3.63) is 31.2 Å². The Morgan fingerprint density at radius 2 is 1.60 bits per heavy atom. The van der Waals surface area contributed by atoms with Gasteiger partial charge < -0.3 is 4.98 Å². The molecule has 8 heteroatoms. The van der Waals surface area contributed by atoms with Crippen LogP contribution >= 0.6 is 23.2 Å². The molecule has 1 N–H and O–H groups in total. The van der Waals surface area contributed by atoms with Crippen molar-refractivity contribution in [1.82, 2.24) is 4.98 Å². The van der Waals surface area contributed by atoms with Gasteiger partial charge in [-0.2, -0.15) is 9.98 Å². The number of aromatic amines is 1. The molecule has 0 aromatic carbocycles. The van der Waals surface area contributed by atoms with Crippen LogP contribution in [0.15, 0.2) is 14.8 Å². The Morgan fingerprint density at radius 1 is 1.00 bits per heavy atom. The standard InChI is InChI=1S/C7HCl2N3O3/c8-1-3(13)2-5(11-4(1)9)12-7(15)6(14)10-2/h(H,11,12,15). The van der Waals surface area contributed by atoms with Gasteiger partial charge in [0.05, 0.1) is 0 Å². The quantitative estimate of drug-likeness (QED) is 0.469. The number of aromatic nitrogens is 1. The summed E-state index contributed by atoms with van der Waals surface area (Å²) in [6.45, 7) is 0. The van der Waals surface area contributed by atoms with Gasteiger partial charge in [0, 0.05) is 0 Å². The minimum absolute atomic E-state index is 0.151. The van der Waals surface area contributed by atoms with Crippen molar-refractivity contribution in [2.45, 2.75) is 0 Å². The van der Waals surface area contributed by atoms with E-state index in [0.717, 1.165) is 0 Å². The summed E-state index contributed by atoms with van der Waals surface area (Å²) in [5.41, 5.74) is -0.890. The summed E-state index contributed by atoms with van der Waals surface area (Å²) in [6, 6.07) is 0. The van der Waals surface area contributed by atoms with Crippen LogP contribution in [0.3, 0.4) is 0 Å². The number of carbonyl (C=O) groups is 2. The minimum atomic E-state index is -1.11. The highest BCUT2D eigenvalue weighted by atomic mass is 35.5. The molecule has 1 aromatic heterocycles.